The Kier molecular flexibility index (Phi) is 4.28. The maximum atomic E-state index is 11.5. The predicted octanol–water partition coefficient (Wildman–Crippen LogP) is 3.39. The van der Waals surface area contributed by atoms with E-state index in [0.717, 1.165) is 43.0 Å². The number of carboxylic acids is 1. The van der Waals surface area contributed by atoms with Gasteiger partial charge in [0, 0.05) is 24.8 Å². The van der Waals surface area contributed by atoms with Crippen LogP contribution in [0.25, 0.3) is 11.3 Å². The zero-order valence-corrected chi connectivity index (χ0v) is 13.5. The number of piperidine rings is 1. The standard InChI is InChI=1S/C18H21N3O2/c1-12-7-9-21(10-8-12)18-19-11-15(17(22)23)16(20-18)14-6-4-3-5-13(14)2/h3-6,11-12H,7-10H2,1-2H3,(H,22,23). The van der Waals surface area contributed by atoms with E-state index in [2.05, 4.69) is 21.8 Å². The lowest BCUT2D eigenvalue weighted by Crippen LogP contribution is -2.34. The van der Waals surface area contributed by atoms with E-state index in [1.807, 2.05) is 31.2 Å². The summed E-state index contributed by atoms with van der Waals surface area (Å²) in [5.74, 6) is 0.350. The zero-order chi connectivity index (χ0) is 16.4. The number of benzene rings is 1. The first kappa shape index (κ1) is 15.5. The van der Waals surface area contributed by atoms with Crippen molar-refractivity contribution in [1.29, 1.82) is 0 Å². The van der Waals surface area contributed by atoms with E-state index < -0.39 is 5.97 Å². The van der Waals surface area contributed by atoms with Gasteiger partial charge in [0.05, 0.1) is 5.69 Å². The van der Waals surface area contributed by atoms with Crippen molar-refractivity contribution in [2.75, 3.05) is 18.0 Å². The van der Waals surface area contributed by atoms with Crippen LogP contribution in [-0.4, -0.2) is 34.1 Å². The lowest BCUT2D eigenvalue weighted by atomic mass is 9.99. The second-order valence-corrected chi connectivity index (χ2v) is 6.22. The summed E-state index contributed by atoms with van der Waals surface area (Å²) in [6, 6.07) is 7.71. The molecule has 1 aliphatic heterocycles. The van der Waals surface area contributed by atoms with Gasteiger partial charge >= 0.3 is 5.97 Å². The van der Waals surface area contributed by atoms with Crippen LogP contribution < -0.4 is 4.90 Å². The number of aromatic nitrogens is 2. The Balaban J connectivity index is 2.04. The molecule has 0 unspecified atom stereocenters. The Labute approximate surface area is 136 Å². The van der Waals surface area contributed by atoms with Gasteiger partial charge in [-0.05, 0) is 31.2 Å². The van der Waals surface area contributed by atoms with E-state index in [0.29, 0.717) is 11.6 Å². The summed E-state index contributed by atoms with van der Waals surface area (Å²) in [7, 11) is 0. The molecule has 1 aromatic carbocycles. The molecule has 0 bridgehead atoms. The van der Waals surface area contributed by atoms with Crippen molar-refractivity contribution < 1.29 is 9.90 Å². The lowest BCUT2D eigenvalue weighted by Gasteiger charge is -2.30. The van der Waals surface area contributed by atoms with Gasteiger partial charge in [-0.15, -0.1) is 0 Å². The molecular formula is C18H21N3O2. The number of carboxylic acid groups (broad SMARTS) is 1. The molecule has 2 aromatic rings. The molecule has 120 valence electrons. The van der Waals surface area contributed by atoms with Crippen molar-refractivity contribution >= 4 is 11.9 Å². The summed E-state index contributed by atoms with van der Waals surface area (Å²) >= 11 is 0. The molecule has 0 atom stereocenters. The van der Waals surface area contributed by atoms with Crippen molar-refractivity contribution in [3.63, 3.8) is 0 Å². The highest BCUT2D eigenvalue weighted by molar-refractivity contribution is 5.95. The molecule has 1 saturated heterocycles. The number of hydrogen-bond donors (Lipinski definition) is 1. The lowest BCUT2D eigenvalue weighted by molar-refractivity contribution is 0.0697. The van der Waals surface area contributed by atoms with Crippen molar-refractivity contribution in [2.24, 2.45) is 5.92 Å². The van der Waals surface area contributed by atoms with Crippen LogP contribution in [0, 0.1) is 12.8 Å². The van der Waals surface area contributed by atoms with E-state index in [-0.39, 0.29) is 5.56 Å². The molecule has 0 saturated carbocycles. The molecule has 3 rings (SSSR count). The van der Waals surface area contributed by atoms with E-state index in [1.54, 1.807) is 0 Å². The third-order valence-corrected chi connectivity index (χ3v) is 4.47. The van der Waals surface area contributed by atoms with Gasteiger partial charge in [-0.25, -0.2) is 14.8 Å². The molecule has 23 heavy (non-hydrogen) atoms. The minimum absolute atomic E-state index is 0.147. The highest BCUT2D eigenvalue weighted by Crippen LogP contribution is 2.28. The maximum Gasteiger partial charge on any atom is 0.339 e. The Morgan fingerprint density at radius 1 is 1.26 bits per heavy atom. The molecule has 0 amide bonds. The highest BCUT2D eigenvalue weighted by Gasteiger charge is 2.21. The monoisotopic (exact) mass is 311 g/mol. The van der Waals surface area contributed by atoms with Crippen LogP contribution in [0.5, 0.6) is 0 Å². The van der Waals surface area contributed by atoms with Gasteiger partial charge in [-0.1, -0.05) is 31.2 Å². The summed E-state index contributed by atoms with van der Waals surface area (Å²) in [6.07, 6.45) is 3.66. The number of anilines is 1. The largest absolute Gasteiger partial charge is 0.478 e. The fraction of sp³-hybridized carbons (Fsp3) is 0.389. The minimum atomic E-state index is -0.998. The van der Waals surface area contributed by atoms with Crippen molar-refractivity contribution in [2.45, 2.75) is 26.7 Å². The van der Waals surface area contributed by atoms with Gasteiger partial charge in [0.1, 0.15) is 5.56 Å². The number of hydrogen-bond acceptors (Lipinski definition) is 4. The van der Waals surface area contributed by atoms with Crippen LogP contribution in [0.15, 0.2) is 30.5 Å². The smallest absolute Gasteiger partial charge is 0.339 e. The van der Waals surface area contributed by atoms with Crippen LogP contribution in [0.3, 0.4) is 0 Å². The van der Waals surface area contributed by atoms with E-state index in [4.69, 9.17) is 0 Å². The number of aryl methyl sites for hydroxylation is 1. The fourth-order valence-electron chi connectivity index (χ4n) is 2.93. The first-order chi connectivity index (χ1) is 11.1. The SMILES string of the molecule is Cc1ccccc1-c1nc(N2CCC(C)CC2)ncc1C(=O)O. The Morgan fingerprint density at radius 2 is 1.96 bits per heavy atom. The number of nitrogens with zero attached hydrogens (tertiary/aromatic N) is 3. The Morgan fingerprint density at radius 3 is 2.61 bits per heavy atom. The van der Waals surface area contributed by atoms with Crippen molar-refractivity contribution in [1.82, 2.24) is 9.97 Å². The summed E-state index contributed by atoms with van der Waals surface area (Å²) < 4.78 is 0. The zero-order valence-electron chi connectivity index (χ0n) is 13.5. The summed E-state index contributed by atoms with van der Waals surface area (Å²) in [4.78, 5) is 22.6. The molecule has 1 N–H and O–H groups in total. The Bertz CT molecular complexity index is 722. The van der Waals surface area contributed by atoms with Gasteiger partial charge in [0.25, 0.3) is 0 Å². The molecule has 1 fully saturated rings. The highest BCUT2D eigenvalue weighted by atomic mass is 16.4. The van der Waals surface area contributed by atoms with Gasteiger partial charge in [0.15, 0.2) is 0 Å². The van der Waals surface area contributed by atoms with Crippen LogP contribution >= 0.6 is 0 Å². The second kappa shape index (κ2) is 6.36. The average molecular weight is 311 g/mol. The van der Waals surface area contributed by atoms with Crippen LogP contribution in [0.4, 0.5) is 5.95 Å². The predicted molar refractivity (Wildman–Crippen MR) is 89.8 cm³/mol. The summed E-state index contributed by atoms with van der Waals surface area (Å²) in [5.41, 5.74) is 2.50. The molecule has 5 heteroatoms. The maximum absolute atomic E-state index is 11.5. The van der Waals surface area contributed by atoms with Crippen LogP contribution in [0.2, 0.25) is 0 Å². The van der Waals surface area contributed by atoms with Gasteiger partial charge in [0.2, 0.25) is 5.95 Å². The van der Waals surface area contributed by atoms with E-state index in [1.165, 1.54) is 6.20 Å². The summed E-state index contributed by atoms with van der Waals surface area (Å²) in [5, 5.41) is 9.46. The average Bonchev–Trinajstić information content (AvgIpc) is 2.55. The molecule has 1 aromatic heterocycles. The van der Waals surface area contributed by atoms with Crippen molar-refractivity contribution in [3.8, 4) is 11.3 Å². The molecule has 1 aliphatic rings. The van der Waals surface area contributed by atoms with Gasteiger partial charge in [-0.2, -0.15) is 0 Å². The quantitative estimate of drug-likeness (QED) is 0.941. The third kappa shape index (κ3) is 3.18. The molecular weight excluding hydrogens is 290 g/mol. The normalized spacial score (nSPS) is 15.7. The first-order valence-electron chi connectivity index (χ1n) is 7.97. The van der Waals surface area contributed by atoms with Crippen LogP contribution in [-0.2, 0) is 0 Å². The molecule has 5 nitrogen and oxygen atoms in total. The number of aromatic carboxylic acids is 1. The van der Waals surface area contributed by atoms with Gasteiger partial charge in [-0.3, -0.25) is 0 Å². The molecule has 2 heterocycles. The van der Waals surface area contributed by atoms with Gasteiger partial charge < -0.3 is 10.0 Å². The van der Waals surface area contributed by atoms with Crippen molar-refractivity contribution in [3.05, 3.63) is 41.6 Å². The topological polar surface area (TPSA) is 66.3 Å². The third-order valence-electron chi connectivity index (χ3n) is 4.47. The van der Waals surface area contributed by atoms with E-state index in [9.17, 15) is 9.90 Å². The van der Waals surface area contributed by atoms with Crippen LogP contribution in [0.1, 0.15) is 35.7 Å². The second-order valence-electron chi connectivity index (χ2n) is 6.22. The first-order valence-corrected chi connectivity index (χ1v) is 7.97. The summed E-state index contributed by atoms with van der Waals surface area (Å²) in [6.45, 7) is 6.05. The Hall–Kier alpha value is -2.43. The fourth-order valence-corrected chi connectivity index (χ4v) is 2.93. The molecule has 0 radical (unpaired) electrons. The minimum Gasteiger partial charge on any atom is -0.478 e. The number of rotatable bonds is 3. The molecule has 0 spiro atoms. The number of carbonyl (C=O) groups is 1. The molecule has 0 aliphatic carbocycles. The van der Waals surface area contributed by atoms with E-state index >= 15 is 0 Å².